The molecule has 96 valence electrons. The number of rotatable bonds is 5. The van der Waals surface area contributed by atoms with Crippen LogP contribution in [0.4, 0.5) is 5.69 Å². The Morgan fingerprint density at radius 3 is 3.11 bits per heavy atom. The first-order valence-electron chi connectivity index (χ1n) is 5.58. The first kappa shape index (κ1) is 12.4. The van der Waals surface area contributed by atoms with E-state index in [1.807, 2.05) is 30.1 Å². The second kappa shape index (κ2) is 5.05. The van der Waals surface area contributed by atoms with E-state index in [0.29, 0.717) is 12.1 Å². The largest absolute Gasteiger partial charge is 0.481 e. The van der Waals surface area contributed by atoms with E-state index >= 15 is 0 Å². The van der Waals surface area contributed by atoms with Crippen LogP contribution in [0.2, 0.25) is 0 Å². The predicted molar refractivity (Wildman–Crippen MR) is 67.5 cm³/mol. The van der Waals surface area contributed by atoms with Crippen LogP contribution in [0.1, 0.15) is 6.42 Å². The summed E-state index contributed by atoms with van der Waals surface area (Å²) in [6, 6.07) is 5.21. The van der Waals surface area contributed by atoms with Crippen molar-refractivity contribution in [2.45, 2.75) is 12.5 Å². The highest BCUT2D eigenvalue weighted by atomic mass is 16.4. The highest BCUT2D eigenvalue weighted by Crippen LogP contribution is 2.20. The van der Waals surface area contributed by atoms with Crippen LogP contribution in [0, 0.1) is 0 Å². The van der Waals surface area contributed by atoms with Crippen LogP contribution >= 0.6 is 0 Å². The molecular formula is C12H15N3O3. The Hall–Kier alpha value is -2.08. The predicted octanol–water partition coefficient (Wildman–Crippen LogP) is 1.07. The molecule has 0 radical (unpaired) electrons. The molecule has 0 saturated carbocycles. The lowest BCUT2D eigenvalue weighted by Crippen LogP contribution is -2.36. The minimum atomic E-state index is -0.887. The molecule has 0 spiro atoms. The maximum atomic E-state index is 10.5. The molecule has 1 heterocycles. The van der Waals surface area contributed by atoms with Crippen molar-refractivity contribution in [3.8, 4) is 0 Å². The molecule has 2 rings (SSSR count). The first-order chi connectivity index (χ1) is 8.56. The molecule has 0 aliphatic heterocycles. The molecular weight excluding hydrogens is 234 g/mol. The lowest BCUT2D eigenvalue weighted by atomic mass is 10.2. The van der Waals surface area contributed by atoms with Crippen LogP contribution in [-0.2, 0) is 4.79 Å². The number of benzene rings is 1. The molecule has 1 aromatic carbocycles. The third-order valence-corrected chi connectivity index (χ3v) is 2.70. The van der Waals surface area contributed by atoms with Crippen molar-refractivity contribution < 1.29 is 14.3 Å². The highest BCUT2D eigenvalue weighted by Gasteiger charge is 2.12. The van der Waals surface area contributed by atoms with Gasteiger partial charge in [-0.25, -0.2) is 4.98 Å². The van der Waals surface area contributed by atoms with Crippen molar-refractivity contribution in [2.24, 2.45) is 5.73 Å². The number of fused-ring (bicyclic) bond motifs is 1. The van der Waals surface area contributed by atoms with Crippen molar-refractivity contribution in [2.75, 3.05) is 18.5 Å². The van der Waals surface area contributed by atoms with E-state index in [-0.39, 0.29) is 6.42 Å². The number of oxazole rings is 1. The van der Waals surface area contributed by atoms with Crippen molar-refractivity contribution >= 4 is 22.8 Å². The number of carbonyl (C=O) groups is 1. The molecule has 0 saturated heterocycles. The van der Waals surface area contributed by atoms with Gasteiger partial charge in [-0.2, -0.15) is 0 Å². The molecule has 0 aliphatic rings. The third-order valence-electron chi connectivity index (χ3n) is 2.70. The molecule has 1 aromatic heterocycles. The summed E-state index contributed by atoms with van der Waals surface area (Å²) in [6.07, 6.45) is 1.35. The Labute approximate surface area is 104 Å². The lowest BCUT2D eigenvalue weighted by Gasteiger charge is -2.22. The van der Waals surface area contributed by atoms with Crippen molar-refractivity contribution in [1.29, 1.82) is 0 Å². The quantitative estimate of drug-likeness (QED) is 0.823. The first-order valence-corrected chi connectivity index (χ1v) is 5.58. The number of hydrogen-bond donors (Lipinski definition) is 2. The number of nitrogens with zero attached hydrogens (tertiary/aromatic N) is 2. The zero-order valence-corrected chi connectivity index (χ0v) is 10.0. The lowest BCUT2D eigenvalue weighted by molar-refractivity contribution is -0.137. The van der Waals surface area contributed by atoms with Gasteiger partial charge >= 0.3 is 5.97 Å². The summed E-state index contributed by atoms with van der Waals surface area (Å²) in [5.41, 5.74) is 8.16. The second-order valence-corrected chi connectivity index (χ2v) is 4.24. The zero-order valence-electron chi connectivity index (χ0n) is 10.0. The van der Waals surface area contributed by atoms with E-state index in [4.69, 9.17) is 15.3 Å². The van der Waals surface area contributed by atoms with Gasteiger partial charge in [0.25, 0.3) is 0 Å². The van der Waals surface area contributed by atoms with Gasteiger partial charge in [0, 0.05) is 31.4 Å². The van der Waals surface area contributed by atoms with E-state index in [0.717, 1.165) is 11.2 Å². The van der Waals surface area contributed by atoms with E-state index in [1.165, 1.54) is 6.39 Å². The molecule has 6 heteroatoms. The van der Waals surface area contributed by atoms with Gasteiger partial charge in [-0.3, -0.25) is 4.79 Å². The van der Waals surface area contributed by atoms with Crippen molar-refractivity contribution in [3.63, 3.8) is 0 Å². The summed E-state index contributed by atoms with van der Waals surface area (Å²) >= 11 is 0. The van der Waals surface area contributed by atoms with Crippen LogP contribution in [0.25, 0.3) is 11.1 Å². The molecule has 1 atom stereocenters. The Kier molecular flexibility index (Phi) is 3.47. The number of nitrogens with two attached hydrogens (primary N) is 1. The molecule has 6 nitrogen and oxygen atoms in total. The summed E-state index contributed by atoms with van der Waals surface area (Å²) in [5.74, 6) is -0.887. The van der Waals surface area contributed by atoms with Gasteiger partial charge < -0.3 is 20.2 Å². The van der Waals surface area contributed by atoms with Gasteiger partial charge in [-0.15, -0.1) is 0 Å². The van der Waals surface area contributed by atoms with E-state index in [2.05, 4.69) is 4.98 Å². The average molecular weight is 249 g/mol. The standard InChI is InChI=1S/C12H15N3O3/c1-15(6-8(13)4-12(16)17)9-2-3-10-11(5-9)18-7-14-10/h2-3,5,7-8H,4,6,13H2,1H3,(H,16,17). The summed E-state index contributed by atoms with van der Waals surface area (Å²) in [5, 5.41) is 8.66. The van der Waals surface area contributed by atoms with Crippen LogP contribution in [0.5, 0.6) is 0 Å². The maximum absolute atomic E-state index is 10.5. The molecule has 1 unspecified atom stereocenters. The van der Waals surface area contributed by atoms with Gasteiger partial charge in [0.2, 0.25) is 0 Å². The van der Waals surface area contributed by atoms with E-state index in [1.54, 1.807) is 0 Å². The smallest absolute Gasteiger partial charge is 0.304 e. The fourth-order valence-electron chi connectivity index (χ4n) is 1.83. The SMILES string of the molecule is CN(CC(N)CC(=O)O)c1ccc2ncoc2c1. The van der Waals surface area contributed by atoms with Gasteiger partial charge in [0.15, 0.2) is 12.0 Å². The van der Waals surface area contributed by atoms with Crippen LogP contribution in [-0.4, -0.2) is 35.7 Å². The molecule has 0 fully saturated rings. The Morgan fingerprint density at radius 1 is 1.61 bits per heavy atom. The number of anilines is 1. The van der Waals surface area contributed by atoms with E-state index in [9.17, 15) is 4.79 Å². The van der Waals surface area contributed by atoms with Gasteiger partial charge in [-0.05, 0) is 12.1 Å². The number of likely N-dealkylation sites (N-methyl/N-ethyl adjacent to an activating group) is 1. The van der Waals surface area contributed by atoms with Crippen LogP contribution < -0.4 is 10.6 Å². The number of carboxylic acids is 1. The second-order valence-electron chi connectivity index (χ2n) is 4.24. The monoisotopic (exact) mass is 249 g/mol. The Balaban J connectivity index is 2.07. The fourth-order valence-corrected chi connectivity index (χ4v) is 1.83. The minimum Gasteiger partial charge on any atom is -0.481 e. The number of aliphatic carboxylic acids is 1. The number of aromatic nitrogens is 1. The topological polar surface area (TPSA) is 92.6 Å². The highest BCUT2D eigenvalue weighted by molar-refractivity contribution is 5.77. The van der Waals surface area contributed by atoms with Gasteiger partial charge in [0.05, 0.1) is 6.42 Å². The third kappa shape index (κ3) is 2.78. The maximum Gasteiger partial charge on any atom is 0.304 e. The molecule has 3 N–H and O–H groups in total. The minimum absolute atomic E-state index is 0.0467. The summed E-state index contributed by atoms with van der Waals surface area (Å²) in [6.45, 7) is 0.464. The summed E-state index contributed by atoms with van der Waals surface area (Å²) < 4.78 is 5.22. The average Bonchev–Trinajstić information content (AvgIpc) is 2.74. The van der Waals surface area contributed by atoms with Crippen molar-refractivity contribution in [1.82, 2.24) is 4.98 Å². The molecule has 18 heavy (non-hydrogen) atoms. The molecule has 0 amide bonds. The molecule has 0 aliphatic carbocycles. The zero-order chi connectivity index (χ0) is 13.1. The fraction of sp³-hybridized carbons (Fsp3) is 0.333. The van der Waals surface area contributed by atoms with Gasteiger partial charge in [-0.1, -0.05) is 0 Å². The Bertz CT molecular complexity index is 552. The van der Waals surface area contributed by atoms with E-state index < -0.39 is 12.0 Å². The van der Waals surface area contributed by atoms with Crippen molar-refractivity contribution in [3.05, 3.63) is 24.6 Å². The molecule has 0 bridgehead atoms. The van der Waals surface area contributed by atoms with Crippen LogP contribution in [0.15, 0.2) is 29.0 Å². The number of carboxylic acid groups (broad SMARTS) is 1. The normalized spacial score (nSPS) is 12.6. The number of hydrogen-bond acceptors (Lipinski definition) is 5. The summed E-state index contributed by atoms with van der Waals surface area (Å²) in [4.78, 5) is 16.5. The summed E-state index contributed by atoms with van der Waals surface area (Å²) in [7, 11) is 1.86. The van der Waals surface area contributed by atoms with Crippen LogP contribution in [0.3, 0.4) is 0 Å². The molecule has 2 aromatic rings. The Morgan fingerprint density at radius 2 is 2.39 bits per heavy atom. The van der Waals surface area contributed by atoms with Gasteiger partial charge in [0.1, 0.15) is 5.52 Å².